The molecule has 130 valence electrons. The zero-order chi connectivity index (χ0) is 18.1. The Labute approximate surface area is 156 Å². The number of imidazole rings is 1. The molecule has 0 fully saturated rings. The van der Waals surface area contributed by atoms with Gasteiger partial charge < -0.3 is 10.2 Å². The molecule has 0 radical (unpaired) electrons. The maximum Gasteiger partial charge on any atom is 0.180 e. The minimum atomic E-state index is 0.465. The number of anilines is 3. The van der Waals surface area contributed by atoms with Crippen LogP contribution in [0.15, 0.2) is 61.2 Å². The second-order valence-corrected chi connectivity index (χ2v) is 6.44. The van der Waals surface area contributed by atoms with E-state index in [1.807, 2.05) is 49.1 Å². The van der Waals surface area contributed by atoms with Gasteiger partial charge in [-0.05, 0) is 30.3 Å². The van der Waals surface area contributed by atoms with Crippen LogP contribution in [0.25, 0.3) is 16.9 Å². The fourth-order valence-corrected chi connectivity index (χ4v) is 2.86. The van der Waals surface area contributed by atoms with Gasteiger partial charge in [-0.25, -0.2) is 15.0 Å². The number of hydrogen-bond acceptors (Lipinski definition) is 5. The van der Waals surface area contributed by atoms with Crippen LogP contribution in [0.1, 0.15) is 0 Å². The second-order valence-electron chi connectivity index (χ2n) is 6.05. The van der Waals surface area contributed by atoms with Gasteiger partial charge in [0, 0.05) is 49.6 Å². The largest absolute Gasteiger partial charge is 0.378 e. The number of rotatable bonds is 4. The average Bonchev–Trinajstić information content (AvgIpc) is 3.08. The number of hydrogen-bond donors (Lipinski definition) is 1. The molecular formula is C19H17ClN6. The van der Waals surface area contributed by atoms with Crippen LogP contribution in [0.5, 0.6) is 0 Å². The summed E-state index contributed by atoms with van der Waals surface area (Å²) in [6.45, 7) is 0. The zero-order valence-electron chi connectivity index (χ0n) is 14.4. The predicted molar refractivity (Wildman–Crippen MR) is 105 cm³/mol. The van der Waals surface area contributed by atoms with Gasteiger partial charge in [-0.15, -0.1) is 0 Å². The highest BCUT2D eigenvalue weighted by molar-refractivity contribution is 6.29. The first-order valence-electron chi connectivity index (χ1n) is 8.10. The van der Waals surface area contributed by atoms with Crippen LogP contribution in [-0.2, 0) is 0 Å². The molecule has 0 amide bonds. The molecule has 0 spiro atoms. The van der Waals surface area contributed by atoms with Gasteiger partial charge in [-0.3, -0.25) is 4.40 Å². The molecule has 0 atom stereocenters. The van der Waals surface area contributed by atoms with E-state index in [9.17, 15) is 0 Å². The van der Waals surface area contributed by atoms with Gasteiger partial charge in [0.15, 0.2) is 11.5 Å². The van der Waals surface area contributed by atoms with Crippen molar-refractivity contribution in [3.63, 3.8) is 0 Å². The van der Waals surface area contributed by atoms with Gasteiger partial charge >= 0.3 is 0 Å². The molecule has 0 aliphatic carbocycles. The molecule has 6 nitrogen and oxygen atoms in total. The third kappa shape index (κ3) is 3.07. The van der Waals surface area contributed by atoms with Crippen molar-refractivity contribution in [2.24, 2.45) is 0 Å². The van der Waals surface area contributed by atoms with E-state index in [4.69, 9.17) is 11.6 Å². The number of nitrogens with zero attached hydrogens (tertiary/aromatic N) is 5. The van der Waals surface area contributed by atoms with Crippen molar-refractivity contribution in [3.8, 4) is 11.3 Å². The van der Waals surface area contributed by atoms with Gasteiger partial charge in [0.05, 0.1) is 11.9 Å². The smallest absolute Gasteiger partial charge is 0.180 e. The lowest BCUT2D eigenvalue weighted by Crippen LogP contribution is -2.08. The third-order valence-corrected chi connectivity index (χ3v) is 4.30. The highest BCUT2D eigenvalue weighted by Gasteiger charge is 2.11. The Balaban J connectivity index is 1.73. The summed E-state index contributed by atoms with van der Waals surface area (Å²) < 4.78 is 1.98. The number of benzene rings is 1. The topological polar surface area (TPSA) is 58.4 Å². The monoisotopic (exact) mass is 364 g/mol. The van der Waals surface area contributed by atoms with Gasteiger partial charge in [0.1, 0.15) is 5.15 Å². The molecule has 0 aliphatic rings. The van der Waals surface area contributed by atoms with Gasteiger partial charge in [0.25, 0.3) is 0 Å². The van der Waals surface area contributed by atoms with Gasteiger partial charge in [-0.1, -0.05) is 17.7 Å². The van der Waals surface area contributed by atoms with E-state index in [-0.39, 0.29) is 0 Å². The van der Waals surface area contributed by atoms with E-state index in [1.54, 1.807) is 18.5 Å². The molecule has 3 heterocycles. The highest BCUT2D eigenvalue weighted by Crippen LogP contribution is 2.26. The molecule has 0 aliphatic heterocycles. The minimum Gasteiger partial charge on any atom is -0.378 e. The van der Waals surface area contributed by atoms with E-state index >= 15 is 0 Å². The van der Waals surface area contributed by atoms with Crippen molar-refractivity contribution in [3.05, 3.63) is 66.3 Å². The van der Waals surface area contributed by atoms with Crippen LogP contribution in [0.3, 0.4) is 0 Å². The molecule has 7 heteroatoms. The molecule has 1 aromatic carbocycles. The van der Waals surface area contributed by atoms with Crippen molar-refractivity contribution in [1.82, 2.24) is 19.4 Å². The summed E-state index contributed by atoms with van der Waals surface area (Å²) in [4.78, 5) is 15.2. The number of halogens is 1. The fourth-order valence-electron chi connectivity index (χ4n) is 2.75. The molecule has 3 aromatic heterocycles. The number of pyridine rings is 1. The molecule has 0 unspecified atom stereocenters. The molecule has 0 saturated heterocycles. The van der Waals surface area contributed by atoms with Crippen LogP contribution in [0.2, 0.25) is 5.15 Å². The first-order valence-corrected chi connectivity index (χ1v) is 8.48. The normalized spacial score (nSPS) is 10.9. The molecule has 26 heavy (non-hydrogen) atoms. The molecule has 0 saturated carbocycles. The van der Waals surface area contributed by atoms with E-state index < -0.39 is 0 Å². The molecule has 0 bridgehead atoms. The van der Waals surface area contributed by atoms with Crippen molar-refractivity contribution in [2.45, 2.75) is 0 Å². The SMILES string of the molecule is CN(C)c1cccc(Nc2nccn3c(-c4ccc(Cl)nc4)cnc23)c1. The maximum absolute atomic E-state index is 5.88. The quantitative estimate of drug-likeness (QED) is 0.548. The van der Waals surface area contributed by atoms with Gasteiger partial charge in [0.2, 0.25) is 0 Å². The van der Waals surface area contributed by atoms with E-state index in [0.717, 1.165) is 28.3 Å². The first kappa shape index (κ1) is 16.4. The first-order chi connectivity index (χ1) is 12.6. The molecule has 1 N–H and O–H groups in total. The van der Waals surface area contributed by atoms with Crippen molar-refractivity contribution < 1.29 is 0 Å². The van der Waals surface area contributed by atoms with Crippen molar-refractivity contribution in [1.29, 1.82) is 0 Å². The number of aromatic nitrogens is 4. The second kappa shape index (κ2) is 6.65. The van der Waals surface area contributed by atoms with Crippen molar-refractivity contribution in [2.75, 3.05) is 24.3 Å². The molecule has 4 rings (SSSR count). The maximum atomic E-state index is 5.88. The Bertz CT molecular complexity index is 1060. The summed E-state index contributed by atoms with van der Waals surface area (Å²) in [6, 6.07) is 11.8. The van der Waals surface area contributed by atoms with E-state index in [0.29, 0.717) is 11.0 Å². The lowest BCUT2D eigenvalue weighted by molar-refractivity contribution is 1.12. The van der Waals surface area contributed by atoms with Crippen LogP contribution >= 0.6 is 11.6 Å². The number of fused-ring (bicyclic) bond motifs is 1. The highest BCUT2D eigenvalue weighted by atomic mass is 35.5. The van der Waals surface area contributed by atoms with Crippen LogP contribution in [-0.4, -0.2) is 33.4 Å². The Morgan fingerprint density at radius 3 is 2.69 bits per heavy atom. The Morgan fingerprint density at radius 1 is 1.04 bits per heavy atom. The fraction of sp³-hybridized carbons (Fsp3) is 0.105. The van der Waals surface area contributed by atoms with Crippen LogP contribution in [0, 0.1) is 0 Å². The zero-order valence-corrected chi connectivity index (χ0v) is 15.1. The van der Waals surface area contributed by atoms with Crippen LogP contribution in [0.4, 0.5) is 17.2 Å². The lowest BCUT2D eigenvalue weighted by atomic mass is 10.2. The third-order valence-electron chi connectivity index (χ3n) is 4.08. The van der Waals surface area contributed by atoms with Crippen LogP contribution < -0.4 is 10.2 Å². The standard InChI is InChI=1S/C19H17ClN6/c1-25(2)15-5-3-4-14(10-15)24-18-19-23-12-16(26(19)9-8-21-18)13-6-7-17(20)22-11-13/h3-12H,1-2H3,(H,21,24). The summed E-state index contributed by atoms with van der Waals surface area (Å²) >= 11 is 5.88. The van der Waals surface area contributed by atoms with E-state index in [1.165, 1.54) is 0 Å². The predicted octanol–water partition coefficient (Wildman–Crippen LogP) is 4.25. The van der Waals surface area contributed by atoms with Crippen molar-refractivity contribution >= 4 is 34.4 Å². The Hall–Kier alpha value is -3.12. The summed E-state index contributed by atoms with van der Waals surface area (Å²) in [5, 5.41) is 3.82. The Morgan fingerprint density at radius 2 is 1.92 bits per heavy atom. The lowest BCUT2D eigenvalue weighted by Gasteiger charge is -2.14. The summed E-state index contributed by atoms with van der Waals surface area (Å²) in [6.07, 6.45) is 7.18. The number of nitrogens with one attached hydrogen (secondary N) is 1. The minimum absolute atomic E-state index is 0.465. The van der Waals surface area contributed by atoms with Gasteiger partial charge in [-0.2, -0.15) is 0 Å². The Kier molecular flexibility index (Phi) is 4.18. The molecule has 4 aromatic rings. The molecular weight excluding hydrogens is 348 g/mol. The van der Waals surface area contributed by atoms with E-state index in [2.05, 4.69) is 37.3 Å². The average molecular weight is 365 g/mol. The summed E-state index contributed by atoms with van der Waals surface area (Å²) in [5.41, 5.74) is 4.67. The summed E-state index contributed by atoms with van der Waals surface area (Å²) in [5.74, 6) is 0.691. The summed E-state index contributed by atoms with van der Waals surface area (Å²) in [7, 11) is 4.03.